The van der Waals surface area contributed by atoms with Gasteiger partial charge in [-0.1, -0.05) is 6.92 Å². The van der Waals surface area contributed by atoms with Gasteiger partial charge in [-0.15, -0.1) is 0 Å². The fourth-order valence-electron chi connectivity index (χ4n) is 2.54. The van der Waals surface area contributed by atoms with Gasteiger partial charge in [0.15, 0.2) is 0 Å². The van der Waals surface area contributed by atoms with E-state index in [-0.39, 0.29) is 0 Å². The van der Waals surface area contributed by atoms with E-state index >= 15 is 0 Å². The van der Waals surface area contributed by atoms with Crippen molar-refractivity contribution in [1.82, 2.24) is 14.9 Å². The number of nitrogens with zero attached hydrogens (tertiary/aromatic N) is 2. The maximum Gasteiger partial charge on any atom is 0.108 e. The van der Waals surface area contributed by atoms with Gasteiger partial charge in [-0.05, 0) is 19.3 Å². The average Bonchev–Trinajstić information content (AvgIpc) is 2.97. The minimum atomic E-state index is 0.700. The molecule has 0 spiro atoms. The lowest BCUT2D eigenvalue weighted by Gasteiger charge is -2.25. The van der Waals surface area contributed by atoms with Gasteiger partial charge in [0.05, 0.1) is 0 Å². The summed E-state index contributed by atoms with van der Waals surface area (Å²) < 4.78 is 2.41. The van der Waals surface area contributed by atoms with Crippen molar-refractivity contribution in [3.05, 3.63) is 17.7 Å². The van der Waals surface area contributed by atoms with E-state index in [0.29, 0.717) is 6.04 Å². The molecule has 1 saturated carbocycles. The number of hydrogen-bond donors (Lipinski definition) is 1. The summed E-state index contributed by atoms with van der Waals surface area (Å²) in [6.07, 6.45) is 8.34. The number of rotatable bonds is 3. The fourth-order valence-corrected chi connectivity index (χ4v) is 2.54. The molecule has 3 heteroatoms. The van der Waals surface area contributed by atoms with Crippen molar-refractivity contribution in [3.8, 4) is 0 Å². The first-order valence-corrected chi connectivity index (χ1v) is 6.16. The van der Waals surface area contributed by atoms with Crippen LogP contribution in [0.25, 0.3) is 0 Å². The van der Waals surface area contributed by atoms with Gasteiger partial charge in [-0.25, -0.2) is 4.98 Å². The summed E-state index contributed by atoms with van der Waals surface area (Å²) in [5, 5.41) is 3.72. The van der Waals surface area contributed by atoms with Gasteiger partial charge in [-0.2, -0.15) is 0 Å². The quantitative estimate of drug-likeness (QED) is 0.810. The molecule has 1 unspecified atom stereocenters. The summed E-state index contributed by atoms with van der Waals surface area (Å²) in [5.41, 5.74) is 1.43. The molecule has 1 aromatic rings. The average molecular weight is 205 g/mol. The summed E-state index contributed by atoms with van der Waals surface area (Å²) in [6, 6.07) is 1.53. The van der Waals surface area contributed by atoms with Gasteiger partial charge >= 0.3 is 0 Å². The monoisotopic (exact) mass is 205 g/mol. The van der Waals surface area contributed by atoms with Crippen LogP contribution in [0.1, 0.15) is 37.7 Å². The molecule has 3 nitrogen and oxygen atoms in total. The van der Waals surface area contributed by atoms with Crippen LogP contribution in [0.3, 0.4) is 0 Å². The molecule has 0 amide bonds. The maximum absolute atomic E-state index is 4.48. The Bertz CT molecular complexity index is 352. The molecule has 15 heavy (non-hydrogen) atoms. The number of nitrogens with one attached hydrogen (secondary N) is 1. The minimum absolute atomic E-state index is 0.700. The molecule has 0 radical (unpaired) electrons. The molecular formula is C12H19N3. The van der Waals surface area contributed by atoms with Crippen LogP contribution in [0.15, 0.2) is 6.20 Å². The Balaban J connectivity index is 1.72. The third kappa shape index (κ3) is 1.81. The SMILES string of the molecule is CCc1ncc2n1CCC(NC1CC1)C2. The third-order valence-corrected chi connectivity index (χ3v) is 3.54. The van der Waals surface area contributed by atoms with Crippen LogP contribution < -0.4 is 5.32 Å². The van der Waals surface area contributed by atoms with E-state index < -0.39 is 0 Å². The number of hydrogen-bond acceptors (Lipinski definition) is 2. The molecule has 1 aliphatic carbocycles. The molecule has 0 bridgehead atoms. The van der Waals surface area contributed by atoms with E-state index in [1.54, 1.807) is 0 Å². The van der Waals surface area contributed by atoms with Crippen LogP contribution in [0.4, 0.5) is 0 Å². The Hall–Kier alpha value is -0.830. The summed E-state index contributed by atoms with van der Waals surface area (Å²) >= 11 is 0. The van der Waals surface area contributed by atoms with Crippen LogP contribution in [-0.4, -0.2) is 21.6 Å². The highest BCUT2D eigenvalue weighted by molar-refractivity contribution is 5.10. The van der Waals surface area contributed by atoms with Gasteiger partial charge in [0.25, 0.3) is 0 Å². The molecule has 1 aliphatic heterocycles. The fraction of sp³-hybridized carbons (Fsp3) is 0.750. The first-order chi connectivity index (χ1) is 7.36. The van der Waals surface area contributed by atoms with Crippen LogP contribution in [-0.2, 0) is 19.4 Å². The van der Waals surface area contributed by atoms with E-state index in [1.165, 1.54) is 37.2 Å². The molecule has 0 aromatic carbocycles. The van der Waals surface area contributed by atoms with Crippen LogP contribution in [0.2, 0.25) is 0 Å². The number of aryl methyl sites for hydroxylation is 1. The van der Waals surface area contributed by atoms with Crippen LogP contribution in [0.5, 0.6) is 0 Å². The van der Waals surface area contributed by atoms with Crippen LogP contribution in [0, 0.1) is 0 Å². The van der Waals surface area contributed by atoms with Crippen molar-refractivity contribution < 1.29 is 0 Å². The standard InChI is InChI=1S/C12H19N3/c1-2-12-13-8-11-7-10(5-6-15(11)12)14-9-3-4-9/h8-10,14H,2-7H2,1H3. The van der Waals surface area contributed by atoms with E-state index in [0.717, 1.165) is 19.0 Å². The van der Waals surface area contributed by atoms with Crippen LogP contribution >= 0.6 is 0 Å². The second kappa shape index (κ2) is 3.63. The Morgan fingerprint density at radius 3 is 3.00 bits per heavy atom. The van der Waals surface area contributed by atoms with Gasteiger partial charge < -0.3 is 9.88 Å². The predicted octanol–water partition coefficient (Wildman–Crippen LogP) is 1.51. The van der Waals surface area contributed by atoms with E-state index in [4.69, 9.17) is 0 Å². The minimum Gasteiger partial charge on any atom is -0.332 e. The molecule has 1 aromatic heterocycles. The predicted molar refractivity (Wildman–Crippen MR) is 59.9 cm³/mol. The molecule has 1 atom stereocenters. The highest BCUT2D eigenvalue weighted by atomic mass is 15.1. The molecule has 0 saturated heterocycles. The summed E-state index contributed by atoms with van der Waals surface area (Å²) in [4.78, 5) is 4.48. The Morgan fingerprint density at radius 2 is 2.27 bits per heavy atom. The first-order valence-electron chi connectivity index (χ1n) is 6.16. The van der Waals surface area contributed by atoms with Gasteiger partial charge in [0, 0.05) is 43.4 Å². The second-order valence-corrected chi connectivity index (χ2v) is 4.80. The topological polar surface area (TPSA) is 29.9 Å². The first kappa shape index (κ1) is 9.40. The lowest BCUT2D eigenvalue weighted by molar-refractivity contribution is 0.392. The number of aromatic nitrogens is 2. The maximum atomic E-state index is 4.48. The summed E-state index contributed by atoms with van der Waals surface area (Å²) in [6.45, 7) is 3.34. The lowest BCUT2D eigenvalue weighted by atomic mass is 10.0. The van der Waals surface area contributed by atoms with Gasteiger partial charge in [0.1, 0.15) is 5.82 Å². The van der Waals surface area contributed by atoms with Crippen molar-refractivity contribution in [3.63, 3.8) is 0 Å². The summed E-state index contributed by atoms with van der Waals surface area (Å²) in [5.74, 6) is 1.26. The van der Waals surface area contributed by atoms with Crippen molar-refractivity contribution in [2.75, 3.05) is 0 Å². The molecule has 2 heterocycles. The zero-order valence-electron chi connectivity index (χ0n) is 9.37. The number of imidazole rings is 1. The van der Waals surface area contributed by atoms with E-state index in [9.17, 15) is 0 Å². The highest BCUT2D eigenvalue weighted by Gasteiger charge is 2.27. The lowest BCUT2D eigenvalue weighted by Crippen LogP contribution is -2.37. The smallest absolute Gasteiger partial charge is 0.108 e. The number of fused-ring (bicyclic) bond motifs is 1. The molecule has 2 aliphatic rings. The van der Waals surface area contributed by atoms with Gasteiger partial charge in [-0.3, -0.25) is 0 Å². The molecule has 82 valence electrons. The summed E-state index contributed by atoms with van der Waals surface area (Å²) in [7, 11) is 0. The Morgan fingerprint density at radius 1 is 1.40 bits per heavy atom. The molecule has 1 fully saturated rings. The second-order valence-electron chi connectivity index (χ2n) is 4.80. The zero-order chi connectivity index (χ0) is 10.3. The molecule has 1 N–H and O–H groups in total. The van der Waals surface area contributed by atoms with Crippen molar-refractivity contribution >= 4 is 0 Å². The largest absolute Gasteiger partial charge is 0.332 e. The third-order valence-electron chi connectivity index (χ3n) is 3.54. The zero-order valence-corrected chi connectivity index (χ0v) is 9.37. The normalized spacial score (nSPS) is 25.3. The molecule has 3 rings (SSSR count). The van der Waals surface area contributed by atoms with Crippen molar-refractivity contribution in [2.45, 2.75) is 57.7 Å². The highest BCUT2D eigenvalue weighted by Crippen LogP contribution is 2.23. The van der Waals surface area contributed by atoms with Crippen molar-refractivity contribution in [2.24, 2.45) is 0 Å². The van der Waals surface area contributed by atoms with E-state index in [2.05, 4.69) is 28.0 Å². The Kier molecular flexibility index (Phi) is 2.28. The van der Waals surface area contributed by atoms with Gasteiger partial charge in [0.2, 0.25) is 0 Å². The molecular weight excluding hydrogens is 186 g/mol. The van der Waals surface area contributed by atoms with Crippen molar-refractivity contribution in [1.29, 1.82) is 0 Å². The van der Waals surface area contributed by atoms with E-state index in [1.807, 2.05) is 0 Å². The Labute approximate surface area is 90.9 Å².